The maximum Gasteiger partial charge on any atom is 0.221 e. The second-order valence-corrected chi connectivity index (χ2v) is 4.86. The van der Waals surface area contributed by atoms with Crippen molar-refractivity contribution in [2.75, 3.05) is 11.9 Å². The molecule has 0 radical (unpaired) electrons. The summed E-state index contributed by atoms with van der Waals surface area (Å²) in [6, 6.07) is 7.55. The van der Waals surface area contributed by atoms with E-state index in [2.05, 4.69) is 15.5 Å². The molecule has 0 atom stereocenters. The Hall–Kier alpha value is -1.79. The van der Waals surface area contributed by atoms with Gasteiger partial charge in [-0.25, -0.2) is 0 Å². The maximum absolute atomic E-state index is 11.0. The third kappa shape index (κ3) is 3.12. The van der Waals surface area contributed by atoms with Gasteiger partial charge in [0, 0.05) is 24.6 Å². The van der Waals surface area contributed by atoms with E-state index in [0.717, 1.165) is 27.7 Å². The van der Waals surface area contributed by atoms with Crippen LogP contribution >= 0.6 is 11.3 Å². The molecule has 18 heavy (non-hydrogen) atoms. The minimum atomic E-state index is -0.0896. The minimum Gasteiger partial charge on any atom is -0.330 e. The monoisotopic (exact) mass is 262 g/mol. The number of nitrogens with one attached hydrogen (secondary N) is 1. The van der Waals surface area contributed by atoms with E-state index in [1.807, 2.05) is 24.3 Å². The first-order valence-electron chi connectivity index (χ1n) is 5.59. The normalized spacial score (nSPS) is 10.3. The summed E-state index contributed by atoms with van der Waals surface area (Å²) in [5, 5.41) is 12.7. The van der Waals surface area contributed by atoms with Crippen molar-refractivity contribution in [3.8, 4) is 10.6 Å². The zero-order chi connectivity index (χ0) is 13.0. The fourth-order valence-electron chi connectivity index (χ4n) is 1.53. The van der Waals surface area contributed by atoms with Crippen LogP contribution in [-0.2, 0) is 11.2 Å². The molecule has 0 bridgehead atoms. The third-order valence-corrected chi connectivity index (χ3v) is 3.29. The van der Waals surface area contributed by atoms with E-state index >= 15 is 0 Å². The van der Waals surface area contributed by atoms with Crippen LogP contribution in [0.3, 0.4) is 0 Å². The standard InChI is InChI=1S/C12H14N4OS/c1-8(17)14-10-4-2-3-9(7-10)12-16-15-11(18-12)5-6-13/h2-4,7H,5-6,13H2,1H3,(H,14,17). The van der Waals surface area contributed by atoms with Crippen molar-refractivity contribution in [2.24, 2.45) is 5.73 Å². The number of carbonyl (C=O) groups excluding carboxylic acids is 1. The highest BCUT2D eigenvalue weighted by molar-refractivity contribution is 7.14. The van der Waals surface area contributed by atoms with Crippen molar-refractivity contribution >= 4 is 22.9 Å². The zero-order valence-electron chi connectivity index (χ0n) is 10.0. The highest BCUT2D eigenvalue weighted by Crippen LogP contribution is 2.25. The zero-order valence-corrected chi connectivity index (χ0v) is 10.8. The van der Waals surface area contributed by atoms with E-state index in [-0.39, 0.29) is 5.91 Å². The van der Waals surface area contributed by atoms with Crippen LogP contribution in [0, 0.1) is 0 Å². The molecule has 0 aliphatic heterocycles. The predicted octanol–water partition coefficient (Wildman–Crippen LogP) is 1.66. The smallest absolute Gasteiger partial charge is 0.221 e. The Kier molecular flexibility index (Phi) is 4.01. The molecule has 2 rings (SSSR count). The molecular weight excluding hydrogens is 248 g/mol. The van der Waals surface area contributed by atoms with Crippen molar-refractivity contribution < 1.29 is 4.79 Å². The van der Waals surface area contributed by atoms with E-state index in [9.17, 15) is 4.79 Å². The summed E-state index contributed by atoms with van der Waals surface area (Å²) in [5.41, 5.74) is 7.18. The summed E-state index contributed by atoms with van der Waals surface area (Å²) in [6.07, 6.45) is 0.739. The van der Waals surface area contributed by atoms with Gasteiger partial charge >= 0.3 is 0 Å². The van der Waals surface area contributed by atoms with Crippen molar-refractivity contribution in [3.63, 3.8) is 0 Å². The van der Waals surface area contributed by atoms with Crippen molar-refractivity contribution in [3.05, 3.63) is 29.3 Å². The Balaban J connectivity index is 2.23. The number of hydrogen-bond donors (Lipinski definition) is 2. The molecule has 5 nitrogen and oxygen atoms in total. The van der Waals surface area contributed by atoms with Gasteiger partial charge in [0.05, 0.1) is 0 Å². The maximum atomic E-state index is 11.0. The molecule has 6 heteroatoms. The van der Waals surface area contributed by atoms with E-state index in [4.69, 9.17) is 5.73 Å². The fraction of sp³-hybridized carbons (Fsp3) is 0.250. The molecule has 0 saturated heterocycles. The van der Waals surface area contributed by atoms with Gasteiger partial charge in [-0.15, -0.1) is 10.2 Å². The van der Waals surface area contributed by atoms with Gasteiger partial charge in [-0.05, 0) is 18.7 Å². The summed E-state index contributed by atoms with van der Waals surface area (Å²) in [7, 11) is 0. The van der Waals surface area contributed by atoms with Gasteiger partial charge in [0.2, 0.25) is 5.91 Å². The van der Waals surface area contributed by atoms with Crippen LogP contribution in [0.15, 0.2) is 24.3 Å². The summed E-state index contributed by atoms with van der Waals surface area (Å²) < 4.78 is 0. The summed E-state index contributed by atoms with van der Waals surface area (Å²) in [6.45, 7) is 2.05. The number of benzene rings is 1. The quantitative estimate of drug-likeness (QED) is 0.878. The van der Waals surface area contributed by atoms with Gasteiger partial charge in [-0.1, -0.05) is 23.5 Å². The molecule has 0 unspecified atom stereocenters. The number of carbonyl (C=O) groups is 1. The van der Waals surface area contributed by atoms with Crippen LogP contribution in [0.2, 0.25) is 0 Å². The number of nitrogens with zero attached hydrogens (tertiary/aromatic N) is 2. The molecule has 0 aliphatic rings. The molecule has 1 aromatic heterocycles. The molecule has 1 aromatic carbocycles. The molecule has 0 saturated carbocycles. The number of anilines is 1. The van der Waals surface area contributed by atoms with Crippen molar-refractivity contribution in [1.82, 2.24) is 10.2 Å². The molecule has 3 N–H and O–H groups in total. The molecule has 2 aromatic rings. The first kappa shape index (κ1) is 12.7. The van der Waals surface area contributed by atoms with Gasteiger partial charge in [-0.2, -0.15) is 0 Å². The Morgan fingerprint density at radius 2 is 2.28 bits per heavy atom. The predicted molar refractivity (Wildman–Crippen MR) is 72.4 cm³/mol. The Labute approximate surface area is 109 Å². The Morgan fingerprint density at radius 1 is 1.44 bits per heavy atom. The number of nitrogens with two attached hydrogens (primary N) is 1. The van der Waals surface area contributed by atoms with Crippen LogP contribution in [0.4, 0.5) is 5.69 Å². The molecule has 1 heterocycles. The first-order chi connectivity index (χ1) is 8.69. The van der Waals surface area contributed by atoms with Gasteiger partial charge < -0.3 is 11.1 Å². The van der Waals surface area contributed by atoms with Crippen LogP contribution < -0.4 is 11.1 Å². The number of hydrogen-bond acceptors (Lipinski definition) is 5. The lowest BCUT2D eigenvalue weighted by Crippen LogP contribution is -2.05. The van der Waals surface area contributed by atoms with Crippen LogP contribution in [0.5, 0.6) is 0 Å². The minimum absolute atomic E-state index is 0.0896. The fourth-order valence-corrected chi connectivity index (χ4v) is 2.38. The molecule has 0 aliphatic carbocycles. The SMILES string of the molecule is CC(=O)Nc1cccc(-c2nnc(CCN)s2)c1. The lowest BCUT2D eigenvalue weighted by molar-refractivity contribution is -0.114. The van der Waals surface area contributed by atoms with Crippen LogP contribution in [-0.4, -0.2) is 22.6 Å². The second kappa shape index (κ2) is 5.70. The van der Waals surface area contributed by atoms with Gasteiger partial charge in [0.25, 0.3) is 0 Å². The lowest BCUT2D eigenvalue weighted by atomic mass is 10.2. The van der Waals surface area contributed by atoms with Crippen molar-refractivity contribution in [2.45, 2.75) is 13.3 Å². The molecule has 1 amide bonds. The topological polar surface area (TPSA) is 80.9 Å². The molecule has 94 valence electrons. The Bertz CT molecular complexity index is 553. The van der Waals surface area contributed by atoms with E-state index in [1.165, 1.54) is 18.3 Å². The van der Waals surface area contributed by atoms with Crippen LogP contribution in [0.1, 0.15) is 11.9 Å². The number of rotatable bonds is 4. The average molecular weight is 262 g/mol. The number of amides is 1. The van der Waals surface area contributed by atoms with E-state index in [0.29, 0.717) is 6.54 Å². The second-order valence-electron chi connectivity index (χ2n) is 3.80. The molecule has 0 spiro atoms. The van der Waals surface area contributed by atoms with Gasteiger partial charge in [-0.3, -0.25) is 4.79 Å². The third-order valence-electron chi connectivity index (χ3n) is 2.25. The lowest BCUT2D eigenvalue weighted by Gasteiger charge is -2.02. The van der Waals surface area contributed by atoms with Gasteiger partial charge in [0.15, 0.2) is 0 Å². The average Bonchev–Trinajstić information content (AvgIpc) is 2.78. The van der Waals surface area contributed by atoms with E-state index < -0.39 is 0 Å². The summed E-state index contributed by atoms with van der Waals surface area (Å²) >= 11 is 1.52. The first-order valence-corrected chi connectivity index (χ1v) is 6.41. The summed E-state index contributed by atoms with van der Waals surface area (Å²) in [5.74, 6) is -0.0896. The van der Waals surface area contributed by atoms with Gasteiger partial charge in [0.1, 0.15) is 10.0 Å². The number of aromatic nitrogens is 2. The summed E-state index contributed by atoms with van der Waals surface area (Å²) in [4.78, 5) is 11.0. The van der Waals surface area contributed by atoms with Crippen LogP contribution in [0.25, 0.3) is 10.6 Å². The largest absolute Gasteiger partial charge is 0.330 e. The highest BCUT2D eigenvalue weighted by atomic mass is 32.1. The molecular formula is C12H14N4OS. The molecule has 0 fully saturated rings. The highest BCUT2D eigenvalue weighted by Gasteiger charge is 2.07. The Morgan fingerprint density at radius 3 is 3.00 bits per heavy atom. The van der Waals surface area contributed by atoms with E-state index in [1.54, 1.807) is 0 Å². The van der Waals surface area contributed by atoms with Crippen molar-refractivity contribution in [1.29, 1.82) is 0 Å².